The zero-order valence-corrected chi connectivity index (χ0v) is 10.2. The van der Waals surface area contributed by atoms with E-state index in [-0.39, 0.29) is 12.3 Å². The number of hydrogen-bond donors (Lipinski definition) is 2. The molecule has 2 aromatic rings. The van der Waals surface area contributed by atoms with Crippen molar-refractivity contribution in [1.29, 1.82) is 0 Å². The van der Waals surface area contributed by atoms with Crippen LogP contribution in [0, 0.1) is 10.1 Å². The number of rotatable bonds is 5. The molecule has 98 valence electrons. The molecule has 0 amide bonds. The van der Waals surface area contributed by atoms with Crippen LogP contribution in [0.2, 0.25) is 0 Å². The van der Waals surface area contributed by atoms with Crippen LogP contribution >= 0.6 is 0 Å². The number of anilines is 2. The van der Waals surface area contributed by atoms with Crippen molar-refractivity contribution in [2.45, 2.75) is 6.42 Å². The van der Waals surface area contributed by atoms with Crippen LogP contribution in [-0.2, 0) is 6.42 Å². The average molecular weight is 258 g/mol. The van der Waals surface area contributed by atoms with E-state index in [0.717, 1.165) is 16.9 Å². The highest BCUT2D eigenvalue weighted by Gasteiger charge is 2.05. The van der Waals surface area contributed by atoms with Crippen LogP contribution in [0.1, 0.15) is 5.56 Å². The average Bonchev–Trinajstić information content (AvgIpc) is 2.42. The number of aliphatic hydroxyl groups is 1. The summed E-state index contributed by atoms with van der Waals surface area (Å²) in [5.74, 6) is 0. The van der Waals surface area contributed by atoms with Gasteiger partial charge in [-0.2, -0.15) is 0 Å². The fraction of sp³-hybridized carbons (Fsp3) is 0.143. The minimum absolute atomic E-state index is 0.0641. The van der Waals surface area contributed by atoms with E-state index in [9.17, 15) is 10.1 Å². The zero-order chi connectivity index (χ0) is 13.7. The lowest BCUT2D eigenvalue weighted by molar-refractivity contribution is -0.384. The summed E-state index contributed by atoms with van der Waals surface area (Å²) in [5.41, 5.74) is 2.74. The van der Waals surface area contributed by atoms with Crippen LogP contribution in [0.4, 0.5) is 17.1 Å². The van der Waals surface area contributed by atoms with Crippen LogP contribution in [0.15, 0.2) is 48.5 Å². The predicted octanol–water partition coefficient (Wildman–Crippen LogP) is 2.87. The molecule has 2 aromatic carbocycles. The number of para-hydroxylation sites is 1. The Morgan fingerprint density at radius 3 is 2.42 bits per heavy atom. The molecular weight excluding hydrogens is 244 g/mol. The Hall–Kier alpha value is -2.40. The van der Waals surface area contributed by atoms with Crippen LogP contribution < -0.4 is 5.32 Å². The van der Waals surface area contributed by atoms with Gasteiger partial charge >= 0.3 is 0 Å². The molecule has 0 aromatic heterocycles. The predicted molar refractivity (Wildman–Crippen MR) is 73.6 cm³/mol. The summed E-state index contributed by atoms with van der Waals surface area (Å²) >= 11 is 0. The molecule has 2 rings (SSSR count). The molecule has 0 aliphatic heterocycles. The Balaban J connectivity index is 2.19. The minimum Gasteiger partial charge on any atom is -0.396 e. The van der Waals surface area contributed by atoms with Gasteiger partial charge in [-0.05, 0) is 30.2 Å². The molecule has 5 nitrogen and oxygen atoms in total. The van der Waals surface area contributed by atoms with Crippen molar-refractivity contribution in [1.82, 2.24) is 0 Å². The third-order valence-corrected chi connectivity index (χ3v) is 2.76. The fourth-order valence-electron chi connectivity index (χ4n) is 1.80. The molecule has 0 spiro atoms. The van der Waals surface area contributed by atoms with Gasteiger partial charge in [-0.3, -0.25) is 10.1 Å². The summed E-state index contributed by atoms with van der Waals surface area (Å²) in [4.78, 5) is 10.1. The third kappa shape index (κ3) is 3.29. The van der Waals surface area contributed by atoms with Gasteiger partial charge in [0.15, 0.2) is 0 Å². The van der Waals surface area contributed by atoms with Crippen molar-refractivity contribution in [3.63, 3.8) is 0 Å². The fourth-order valence-corrected chi connectivity index (χ4v) is 1.80. The van der Waals surface area contributed by atoms with Crippen LogP contribution in [0.25, 0.3) is 0 Å². The molecule has 0 fully saturated rings. The lowest BCUT2D eigenvalue weighted by atomic mass is 10.1. The summed E-state index contributed by atoms with van der Waals surface area (Å²) < 4.78 is 0. The lowest BCUT2D eigenvalue weighted by Crippen LogP contribution is -1.98. The molecule has 0 saturated heterocycles. The second-order valence-corrected chi connectivity index (χ2v) is 4.06. The highest BCUT2D eigenvalue weighted by Crippen LogP contribution is 2.23. The quantitative estimate of drug-likeness (QED) is 0.638. The maximum absolute atomic E-state index is 10.6. The van der Waals surface area contributed by atoms with Crippen molar-refractivity contribution < 1.29 is 10.0 Å². The molecule has 0 unspecified atom stereocenters. The molecule has 5 heteroatoms. The van der Waals surface area contributed by atoms with E-state index >= 15 is 0 Å². The monoisotopic (exact) mass is 258 g/mol. The van der Waals surface area contributed by atoms with Gasteiger partial charge in [0, 0.05) is 30.1 Å². The second-order valence-electron chi connectivity index (χ2n) is 4.06. The van der Waals surface area contributed by atoms with E-state index in [1.165, 1.54) is 12.1 Å². The Kier molecular flexibility index (Phi) is 4.10. The zero-order valence-electron chi connectivity index (χ0n) is 10.2. The van der Waals surface area contributed by atoms with E-state index in [1.807, 2.05) is 24.3 Å². The first-order chi connectivity index (χ1) is 9.20. The Bertz CT molecular complexity index is 567. The number of benzene rings is 2. The van der Waals surface area contributed by atoms with Crippen molar-refractivity contribution in [2.24, 2.45) is 0 Å². The normalized spacial score (nSPS) is 10.2. The smallest absolute Gasteiger partial charge is 0.269 e. The topological polar surface area (TPSA) is 75.4 Å². The van der Waals surface area contributed by atoms with Gasteiger partial charge in [0.25, 0.3) is 5.69 Å². The summed E-state index contributed by atoms with van der Waals surface area (Å²) in [6.07, 6.45) is 0.566. The standard InChI is InChI=1S/C14H14N2O3/c17-10-9-11-3-1-2-4-14(11)15-12-5-7-13(8-6-12)16(18)19/h1-8,15,17H,9-10H2. The molecular formula is C14H14N2O3. The van der Waals surface area contributed by atoms with Gasteiger partial charge in [-0.25, -0.2) is 0 Å². The summed E-state index contributed by atoms with van der Waals surface area (Å²) in [7, 11) is 0. The Morgan fingerprint density at radius 2 is 1.79 bits per heavy atom. The Morgan fingerprint density at radius 1 is 1.11 bits per heavy atom. The van der Waals surface area contributed by atoms with Gasteiger partial charge in [0.05, 0.1) is 4.92 Å². The number of hydrogen-bond acceptors (Lipinski definition) is 4. The van der Waals surface area contributed by atoms with Crippen LogP contribution in [0.5, 0.6) is 0 Å². The molecule has 0 saturated carbocycles. The van der Waals surface area contributed by atoms with Crippen molar-refractivity contribution in [3.8, 4) is 0 Å². The third-order valence-electron chi connectivity index (χ3n) is 2.76. The van der Waals surface area contributed by atoms with E-state index in [1.54, 1.807) is 12.1 Å². The molecule has 19 heavy (non-hydrogen) atoms. The summed E-state index contributed by atoms with van der Waals surface area (Å²) in [6, 6.07) is 13.9. The van der Waals surface area contributed by atoms with Crippen molar-refractivity contribution in [3.05, 3.63) is 64.2 Å². The number of nitrogens with one attached hydrogen (secondary N) is 1. The molecule has 0 atom stereocenters. The number of nitro benzene ring substituents is 1. The van der Waals surface area contributed by atoms with Crippen LogP contribution in [0.3, 0.4) is 0 Å². The molecule has 0 aliphatic rings. The highest BCUT2D eigenvalue weighted by atomic mass is 16.6. The van der Waals surface area contributed by atoms with Gasteiger partial charge < -0.3 is 10.4 Å². The SMILES string of the molecule is O=[N+]([O-])c1ccc(Nc2ccccc2CCO)cc1. The van der Waals surface area contributed by atoms with E-state index in [4.69, 9.17) is 5.11 Å². The maximum atomic E-state index is 10.6. The molecule has 0 bridgehead atoms. The number of nitro groups is 1. The van der Waals surface area contributed by atoms with Crippen molar-refractivity contribution >= 4 is 17.1 Å². The molecule has 0 radical (unpaired) electrons. The first kappa shape index (κ1) is 13.0. The summed E-state index contributed by atoms with van der Waals surface area (Å²) in [5, 5.41) is 22.8. The number of nitrogens with zero attached hydrogens (tertiary/aromatic N) is 1. The van der Waals surface area contributed by atoms with E-state index in [2.05, 4.69) is 5.32 Å². The lowest BCUT2D eigenvalue weighted by Gasteiger charge is -2.11. The largest absolute Gasteiger partial charge is 0.396 e. The van der Waals surface area contributed by atoms with Gasteiger partial charge in [0.2, 0.25) is 0 Å². The van der Waals surface area contributed by atoms with E-state index in [0.29, 0.717) is 6.42 Å². The molecule has 0 aliphatic carbocycles. The van der Waals surface area contributed by atoms with Crippen LogP contribution in [-0.4, -0.2) is 16.6 Å². The van der Waals surface area contributed by atoms with Gasteiger partial charge in [-0.15, -0.1) is 0 Å². The molecule has 0 heterocycles. The second kappa shape index (κ2) is 5.97. The minimum atomic E-state index is -0.427. The van der Waals surface area contributed by atoms with Gasteiger partial charge in [0.1, 0.15) is 0 Å². The first-order valence-electron chi connectivity index (χ1n) is 5.91. The van der Waals surface area contributed by atoms with Gasteiger partial charge in [-0.1, -0.05) is 18.2 Å². The summed E-state index contributed by atoms with van der Waals surface area (Å²) in [6.45, 7) is 0.0823. The van der Waals surface area contributed by atoms with Crippen molar-refractivity contribution in [2.75, 3.05) is 11.9 Å². The highest BCUT2D eigenvalue weighted by molar-refractivity contribution is 5.64. The number of aliphatic hydroxyl groups excluding tert-OH is 1. The maximum Gasteiger partial charge on any atom is 0.269 e. The number of non-ortho nitro benzene ring substituents is 1. The molecule has 2 N–H and O–H groups in total. The first-order valence-corrected chi connectivity index (χ1v) is 5.91. The Labute approximate surface area is 110 Å². The van der Waals surface area contributed by atoms with E-state index < -0.39 is 4.92 Å².